The number of hydrogen-bond donors (Lipinski definition) is 2. The Morgan fingerprint density at radius 1 is 0.727 bits per heavy atom. The Hall–Kier alpha value is -4.32. The zero-order valence-corrected chi connectivity index (χ0v) is 32.1. The monoisotopic (exact) mass is 776 g/mol. The molecular weight excluding hydrogens is 726 g/mol. The molecule has 294 valence electrons. The molecule has 3 aliphatic heterocycles. The van der Waals surface area contributed by atoms with Gasteiger partial charge >= 0.3 is 6.18 Å². The van der Waals surface area contributed by atoms with Crippen molar-refractivity contribution in [3.8, 4) is 0 Å². The van der Waals surface area contributed by atoms with E-state index >= 15 is 0 Å². The highest BCUT2D eigenvalue weighted by atomic mass is 32.2. The second kappa shape index (κ2) is 18.5. The van der Waals surface area contributed by atoms with Crippen LogP contribution in [0.5, 0.6) is 0 Å². The number of carbonyl (C=O) groups is 4. The molecule has 6 rings (SSSR count). The van der Waals surface area contributed by atoms with Crippen LogP contribution in [0.1, 0.15) is 74.5 Å². The van der Waals surface area contributed by atoms with Crippen molar-refractivity contribution >= 4 is 41.1 Å². The molecule has 0 saturated carbocycles. The van der Waals surface area contributed by atoms with Gasteiger partial charge in [0.05, 0.1) is 5.37 Å². The zero-order chi connectivity index (χ0) is 39.0. The van der Waals surface area contributed by atoms with Crippen LogP contribution in [0.15, 0.2) is 84.9 Å². The highest BCUT2D eigenvalue weighted by molar-refractivity contribution is 7.99. The van der Waals surface area contributed by atoms with Crippen LogP contribution in [0.3, 0.4) is 0 Å². The number of halogens is 3. The molecule has 3 heterocycles. The van der Waals surface area contributed by atoms with Gasteiger partial charge in [-0.2, -0.15) is 13.2 Å². The van der Waals surface area contributed by atoms with E-state index in [-0.39, 0.29) is 31.1 Å². The van der Waals surface area contributed by atoms with E-state index in [9.17, 15) is 32.3 Å². The minimum Gasteiger partial charge on any atom is -0.344 e. The summed E-state index contributed by atoms with van der Waals surface area (Å²) in [4.78, 5) is 58.9. The number of fused-ring (bicyclic) bond motifs is 1. The van der Waals surface area contributed by atoms with Crippen LogP contribution in [-0.2, 0) is 32.0 Å². The van der Waals surface area contributed by atoms with Crippen LogP contribution in [0.4, 0.5) is 18.9 Å². The smallest absolute Gasteiger partial charge is 0.344 e. The number of alkyl halides is 3. The Balaban J connectivity index is 1.20. The predicted octanol–water partition coefficient (Wildman–Crippen LogP) is 7.39. The number of amides is 4. The zero-order valence-electron chi connectivity index (χ0n) is 31.3. The molecule has 12 heteroatoms. The number of nitrogens with one attached hydrogen (secondary N) is 2. The van der Waals surface area contributed by atoms with E-state index in [1.807, 2.05) is 91.9 Å². The summed E-state index contributed by atoms with van der Waals surface area (Å²) in [6.45, 7) is 2.53. The average molecular weight is 777 g/mol. The van der Waals surface area contributed by atoms with E-state index in [2.05, 4.69) is 10.6 Å². The summed E-state index contributed by atoms with van der Waals surface area (Å²) in [5.74, 6) is -2.30. The molecule has 3 fully saturated rings. The molecule has 55 heavy (non-hydrogen) atoms. The van der Waals surface area contributed by atoms with E-state index in [0.29, 0.717) is 50.8 Å². The van der Waals surface area contributed by atoms with Crippen LogP contribution in [0, 0.1) is 18.8 Å². The number of rotatable bonds is 12. The molecule has 0 aromatic heterocycles. The number of anilines is 1. The number of para-hydroxylation sites is 1. The number of nitrogens with zero attached hydrogens (tertiary/aromatic N) is 2. The summed E-state index contributed by atoms with van der Waals surface area (Å²) >= 11 is 1.35. The van der Waals surface area contributed by atoms with Crippen molar-refractivity contribution in [2.45, 2.75) is 107 Å². The lowest BCUT2D eigenvalue weighted by atomic mass is 9.86. The molecule has 2 N–H and O–H groups in total. The number of benzene rings is 3. The molecule has 0 spiro atoms. The lowest BCUT2D eigenvalue weighted by Crippen LogP contribution is -2.59. The number of aryl methyl sites for hydroxylation is 1. The Bertz CT molecular complexity index is 1780. The lowest BCUT2D eigenvalue weighted by Gasteiger charge is -2.42. The summed E-state index contributed by atoms with van der Waals surface area (Å²) in [6.07, 6.45) is -0.169. The topological polar surface area (TPSA) is 98.8 Å². The molecule has 3 saturated heterocycles. The Morgan fingerprint density at radius 2 is 1.29 bits per heavy atom. The van der Waals surface area contributed by atoms with Crippen LogP contribution >= 0.6 is 11.8 Å². The van der Waals surface area contributed by atoms with Crippen LogP contribution in [0.25, 0.3) is 0 Å². The fourth-order valence-corrected chi connectivity index (χ4v) is 9.60. The van der Waals surface area contributed by atoms with Gasteiger partial charge < -0.3 is 20.4 Å². The SMILES string of the molecule is Cc1ccccc1N1CCCCC(NC(=O)C(CCC(Cc2ccccc2)C(=O)N[C@H]2CCS[C@H]3CCCC(C(F)(F)F)N3C2=O)Cc2ccccc2)C1=O. The minimum atomic E-state index is -4.56. The fraction of sp³-hybridized carbons (Fsp3) is 0.488. The van der Waals surface area contributed by atoms with E-state index in [1.54, 1.807) is 4.90 Å². The van der Waals surface area contributed by atoms with E-state index < -0.39 is 53.3 Å². The maximum Gasteiger partial charge on any atom is 0.408 e. The number of hydrogen-bond acceptors (Lipinski definition) is 5. The summed E-state index contributed by atoms with van der Waals surface area (Å²) in [6, 6.07) is 23.1. The first-order valence-corrected chi connectivity index (χ1v) is 20.6. The minimum absolute atomic E-state index is 0.144. The number of carbonyl (C=O) groups excluding carboxylic acids is 4. The third-order valence-electron chi connectivity index (χ3n) is 11.2. The van der Waals surface area contributed by atoms with Crippen molar-refractivity contribution < 1.29 is 32.3 Å². The highest BCUT2D eigenvalue weighted by Gasteiger charge is 2.51. The molecule has 4 unspecified atom stereocenters. The number of thioether (sulfide) groups is 1. The van der Waals surface area contributed by atoms with Gasteiger partial charge in [-0.25, -0.2) is 0 Å². The second-order valence-electron chi connectivity index (χ2n) is 15.1. The quantitative estimate of drug-likeness (QED) is 0.200. The number of piperidine rings is 1. The summed E-state index contributed by atoms with van der Waals surface area (Å²) < 4.78 is 42.4. The van der Waals surface area contributed by atoms with E-state index in [1.165, 1.54) is 11.8 Å². The van der Waals surface area contributed by atoms with Gasteiger partial charge in [0.15, 0.2) is 0 Å². The second-order valence-corrected chi connectivity index (χ2v) is 16.4. The first-order valence-electron chi connectivity index (χ1n) is 19.6. The largest absolute Gasteiger partial charge is 0.408 e. The first kappa shape index (κ1) is 40.3. The molecule has 0 aliphatic carbocycles. The van der Waals surface area contributed by atoms with Gasteiger partial charge in [0.1, 0.15) is 18.1 Å². The van der Waals surface area contributed by atoms with Crippen LogP contribution < -0.4 is 15.5 Å². The maximum absolute atomic E-state index is 14.2. The standard InChI is InChI=1S/C43H51F3N4O4S/c1-29-13-8-9-19-36(29)49-25-11-10-18-34(41(49)53)47-39(51)32(27-30-14-4-2-5-15-30)22-23-33(28-31-16-6-3-7-17-31)40(52)48-35-24-26-55-38-21-12-20-37(43(44,45)46)50(38)42(35)54/h2-9,13-17,19,32-35,37-38H,10-12,18,20-28H2,1H3,(H,47,51)(H,48,52)/t32?,33?,34?,35-,37?,38-/m0/s1. The van der Waals surface area contributed by atoms with Crippen molar-refractivity contribution in [2.24, 2.45) is 11.8 Å². The molecule has 8 nitrogen and oxygen atoms in total. The van der Waals surface area contributed by atoms with Gasteiger partial charge in [-0.1, -0.05) is 78.9 Å². The van der Waals surface area contributed by atoms with Gasteiger partial charge in [0.2, 0.25) is 23.6 Å². The first-order chi connectivity index (χ1) is 26.5. The van der Waals surface area contributed by atoms with Gasteiger partial charge in [-0.15, -0.1) is 11.8 Å². The maximum atomic E-state index is 14.2. The lowest BCUT2D eigenvalue weighted by molar-refractivity contribution is -0.198. The van der Waals surface area contributed by atoms with Gasteiger partial charge in [-0.3, -0.25) is 19.2 Å². The molecule has 0 radical (unpaired) electrons. The third-order valence-corrected chi connectivity index (χ3v) is 12.5. The Morgan fingerprint density at radius 3 is 1.87 bits per heavy atom. The van der Waals surface area contributed by atoms with Gasteiger partial charge in [0, 0.05) is 24.1 Å². The molecule has 3 aliphatic rings. The van der Waals surface area contributed by atoms with Crippen molar-refractivity contribution in [3.63, 3.8) is 0 Å². The average Bonchev–Trinajstić information content (AvgIpc) is 3.45. The van der Waals surface area contributed by atoms with Crippen molar-refractivity contribution in [1.29, 1.82) is 0 Å². The molecular formula is C43H51F3N4O4S. The van der Waals surface area contributed by atoms with Crippen molar-refractivity contribution in [3.05, 3.63) is 102 Å². The Labute approximate surface area is 326 Å². The summed E-state index contributed by atoms with van der Waals surface area (Å²) in [5.41, 5.74) is 3.65. The molecule has 4 amide bonds. The van der Waals surface area contributed by atoms with E-state index in [4.69, 9.17) is 0 Å². The van der Waals surface area contributed by atoms with E-state index in [0.717, 1.165) is 40.1 Å². The molecule has 3 aromatic rings. The molecule has 6 atom stereocenters. The Kier molecular flexibility index (Phi) is 13.6. The van der Waals surface area contributed by atoms with Crippen molar-refractivity contribution in [1.82, 2.24) is 15.5 Å². The van der Waals surface area contributed by atoms with Crippen molar-refractivity contribution in [2.75, 3.05) is 17.2 Å². The molecule has 3 aromatic carbocycles. The molecule has 0 bridgehead atoms. The highest BCUT2D eigenvalue weighted by Crippen LogP contribution is 2.40. The summed E-state index contributed by atoms with van der Waals surface area (Å²) in [7, 11) is 0. The summed E-state index contributed by atoms with van der Waals surface area (Å²) in [5, 5.41) is 5.40. The fourth-order valence-electron chi connectivity index (χ4n) is 8.21. The van der Waals surface area contributed by atoms with Gasteiger partial charge in [0.25, 0.3) is 0 Å². The van der Waals surface area contributed by atoms with Crippen LogP contribution in [-0.4, -0.2) is 70.5 Å². The van der Waals surface area contributed by atoms with Crippen LogP contribution in [0.2, 0.25) is 0 Å². The van der Waals surface area contributed by atoms with Gasteiger partial charge in [-0.05, 0) is 106 Å². The normalized spacial score (nSPS) is 23.2. The third kappa shape index (κ3) is 10.3. The predicted molar refractivity (Wildman–Crippen MR) is 209 cm³/mol.